The average Bonchev–Trinajstić information content (AvgIpc) is 1.99. The van der Waals surface area contributed by atoms with Crippen molar-refractivity contribution in [3.63, 3.8) is 0 Å². The van der Waals surface area contributed by atoms with E-state index < -0.39 is 0 Å². The fraction of sp³-hybridized carbons (Fsp3) is 0.429. The Balaban J connectivity index is 3.31. The second kappa shape index (κ2) is 3.74. The van der Waals surface area contributed by atoms with Crippen LogP contribution in [0, 0.1) is 10.5 Å². The smallest absolute Gasteiger partial charge is 0.264 e. The summed E-state index contributed by atoms with van der Waals surface area (Å²) in [5.74, 6) is 0.527. The van der Waals surface area contributed by atoms with E-state index in [4.69, 9.17) is 11.6 Å². The highest BCUT2D eigenvalue weighted by Crippen LogP contribution is 2.14. The van der Waals surface area contributed by atoms with Gasteiger partial charge in [0.2, 0.25) is 0 Å². The molecule has 1 aromatic heterocycles. The van der Waals surface area contributed by atoms with Crippen molar-refractivity contribution >= 4 is 34.2 Å². The van der Waals surface area contributed by atoms with Gasteiger partial charge in [0.25, 0.3) is 5.56 Å². The quantitative estimate of drug-likeness (QED) is 0.636. The molecule has 3 nitrogen and oxygen atoms in total. The van der Waals surface area contributed by atoms with E-state index in [1.807, 2.05) is 22.6 Å². The molecule has 0 bridgehead atoms. The Labute approximate surface area is 88.7 Å². The van der Waals surface area contributed by atoms with Gasteiger partial charge in [-0.15, -0.1) is 11.6 Å². The third kappa shape index (κ3) is 1.98. The highest BCUT2D eigenvalue weighted by atomic mass is 127. The number of aromatic nitrogens is 2. The Hall–Kier alpha value is -0.100. The second-order valence-electron chi connectivity index (χ2n) is 2.47. The van der Waals surface area contributed by atoms with Crippen LogP contribution in [0.25, 0.3) is 0 Å². The van der Waals surface area contributed by atoms with Crippen LogP contribution in [0.2, 0.25) is 0 Å². The predicted octanol–water partition coefficient (Wildman–Crippen LogP) is 1.98. The first-order valence-electron chi connectivity index (χ1n) is 3.42. The predicted molar refractivity (Wildman–Crippen MR) is 56.6 cm³/mol. The summed E-state index contributed by atoms with van der Waals surface area (Å²) < 4.78 is 0.619. The first-order chi connectivity index (χ1) is 5.52. The maximum absolute atomic E-state index is 11.2. The first-order valence-corrected chi connectivity index (χ1v) is 4.94. The molecule has 1 atom stereocenters. The lowest BCUT2D eigenvalue weighted by molar-refractivity contribution is 0.867. The van der Waals surface area contributed by atoms with Crippen molar-refractivity contribution in [3.05, 3.63) is 25.4 Å². The average molecular weight is 299 g/mol. The van der Waals surface area contributed by atoms with Crippen LogP contribution in [0.4, 0.5) is 0 Å². The molecule has 0 spiro atoms. The summed E-state index contributed by atoms with van der Waals surface area (Å²) in [6, 6.07) is 0. The SMILES string of the molecule is Cc1nc(C(C)Cl)[nH]c(=O)c1I. The second-order valence-corrected chi connectivity index (χ2v) is 4.20. The van der Waals surface area contributed by atoms with Gasteiger partial charge in [-0.2, -0.15) is 0 Å². The molecule has 0 amide bonds. The monoisotopic (exact) mass is 298 g/mol. The number of halogens is 2. The Kier molecular flexibility index (Phi) is 3.11. The fourth-order valence-corrected chi connectivity index (χ4v) is 1.14. The summed E-state index contributed by atoms with van der Waals surface area (Å²) in [6.07, 6.45) is 0. The molecule has 0 aromatic carbocycles. The molecule has 66 valence electrons. The minimum atomic E-state index is -0.256. The van der Waals surface area contributed by atoms with Crippen molar-refractivity contribution in [1.82, 2.24) is 9.97 Å². The van der Waals surface area contributed by atoms with Crippen LogP contribution in [0.3, 0.4) is 0 Å². The number of aryl methyl sites for hydroxylation is 1. The van der Waals surface area contributed by atoms with Gasteiger partial charge in [0.15, 0.2) is 0 Å². The van der Waals surface area contributed by atoms with E-state index >= 15 is 0 Å². The van der Waals surface area contributed by atoms with E-state index in [1.165, 1.54) is 0 Å². The highest BCUT2D eigenvalue weighted by molar-refractivity contribution is 14.1. The van der Waals surface area contributed by atoms with Crippen LogP contribution in [-0.2, 0) is 0 Å². The Morgan fingerprint density at radius 2 is 2.25 bits per heavy atom. The Morgan fingerprint density at radius 1 is 1.67 bits per heavy atom. The zero-order valence-electron chi connectivity index (χ0n) is 6.69. The lowest BCUT2D eigenvalue weighted by atomic mass is 10.4. The number of hydrogen-bond acceptors (Lipinski definition) is 2. The summed E-state index contributed by atoms with van der Waals surface area (Å²) in [6.45, 7) is 3.56. The third-order valence-electron chi connectivity index (χ3n) is 1.42. The molecule has 12 heavy (non-hydrogen) atoms. The molecule has 0 aliphatic rings. The van der Waals surface area contributed by atoms with Crippen molar-refractivity contribution in [2.45, 2.75) is 19.2 Å². The van der Waals surface area contributed by atoms with E-state index in [9.17, 15) is 4.79 Å². The van der Waals surface area contributed by atoms with Gasteiger partial charge in [0, 0.05) is 0 Å². The largest absolute Gasteiger partial charge is 0.308 e. The highest BCUT2D eigenvalue weighted by Gasteiger charge is 2.08. The van der Waals surface area contributed by atoms with Crippen LogP contribution in [0.15, 0.2) is 4.79 Å². The zero-order valence-corrected chi connectivity index (χ0v) is 9.60. The molecular weight excluding hydrogens is 290 g/mol. The van der Waals surface area contributed by atoms with E-state index in [-0.39, 0.29) is 10.9 Å². The number of hydrogen-bond donors (Lipinski definition) is 1. The van der Waals surface area contributed by atoms with E-state index in [2.05, 4.69) is 9.97 Å². The number of nitrogens with zero attached hydrogens (tertiary/aromatic N) is 1. The lowest BCUT2D eigenvalue weighted by Crippen LogP contribution is -2.16. The van der Waals surface area contributed by atoms with E-state index in [1.54, 1.807) is 13.8 Å². The van der Waals surface area contributed by atoms with Crippen LogP contribution in [0.1, 0.15) is 23.8 Å². The molecule has 0 fully saturated rings. The van der Waals surface area contributed by atoms with Gasteiger partial charge in [-0.3, -0.25) is 4.79 Å². The van der Waals surface area contributed by atoms with Gasteiger partial charge in [0.05, 0.1) is 14.6 Å². The summed E-state index contributed by atoms with van der Waals surface area (Å²) in [5.41, 5.74) is 0.604. The summed E-state index contributed by atoms with van der Waals surface area (Å²) >= 11 is 7.72. The molecule has 5 heteroatoms. The Morgan fingerprint density at radius 3 is 2.67 bits per heavy atom. The topological polar surface area (TPSA) is 45.8 Å². The first kappa shape index (κ1) is 9.98. The van der Waals surface area contributed by atoms with Crippen molar-refractivity contribution in [1.29, 1.82) is 0 Å². The number of alkyl halides is 1. The minimum absolute atomic E-state index is 0.120. The maximum Gasteiger partial charge on any atom is 0.264 e. The summed E-state index contributed by atoms with van der Waals surface area (Å²) in [7, 11) is 0. The fourth-order valence-electron chi connectivity index (χ4n) is 0.782. The number of aromatic amines is 1. The molecule has 1 heterocycles. The molecule has 0 radical (unpaired) electrons. The van der Waals surface area contributed by atoms with Crippen molar-refractivity contribution < 1.29 is 0 Å². The van der Waals surface area contributed by atoms with Gasteiger partial charge in [-0.05, 0) is 36.4 Å². The van der Waals surface area contributed by atoms with Crippen molar-refractivity contribution in [2.24, 2.45) is 0 Å². The van der Waals surface area contributed by atoms with Crippen LogP contribution in [0.5, 0.6) is 0 Å². The Bertz CT molecular complexity index is 348. The number of rotatable bonds is 1. The van der Waals surface area contributed by atoms with E-state index in [0.717, 1.165) is 5.69 Å². The minimum Gasteiger partial charge on any atom is -0.308 e. The van der Waals surface area contributed by atoms with Crippen LogP contribution in [-0.4, -0.2) is 9.97 Å². The van der Waals surface area contributed by atoms with Gasteiger partial charge >= 0.3 is 0 Å². The third-order valence-corrected chi connectivity index (χ3v) is 2.90. The summed E-state index contributed by atoms with van der Waals surface area (Å²) in [4.78, 5) is 18.0. The molecule has 1 rings (SSSR count). The molecule has 0 aliphatic heterocycles. The van der Waals surface area contributed by atoms with Gasteiger partial charge in [0.1, 0.15) is 5.82 Å². The molecule has 0 saturated carbocycles. The van der Waals surface area contributed by atoms with Crippen molar-refractivity contribution in [3.8, 4) is 0 Å². The standard InChI is InChI=1S/C7H8ClIN2O/c1-3(8)6-10-4(2)5(9)7(12)11-6/h3H,1-2H3,(H,10,11,12). The number of nitrogens with one attached hydrogen (secondary N) is 1. The van der Waals surface area contributed by atoms with Gasteiger partial charge < -0.3 is 4.98 Å². The zero-order chi connectivity index (χ0) is 9.30. The van der Waals surface area contributed by atoms with Gasteiger partial charge in [-0.25, -0.2) is 4.98 Å². The maximum atomic E-state index is 11.2. The lowest BCUT2D eigenvalue weighted by Gasteiger charge is -2.03. The molecule has 1 aromatic rings. The van der Waals surface area contributed by atoms with Crippen LogP contribution < -0.4 is 5.56 Å². The van der Waals surface area contributed by atoms with E-state index in [0.29, 0.717) is 9.39 Å². The molecule has 0 saturated heterocycles. The van der Waals surface area contributed by atoms with Crippen LogP contribution >= 0.6 is 34.2 Å². The molecular formula is C7H8ClIN2O. The van der Waals surface area contributed by atoms with Crippen molar-refractivity contribution in [2.75, 3.05) is 0 Å². The molecule has 1 unspecified atom stereocenters. The normalized spacial score (nSPS) is 13.0. The summed E-state index contributed by atoms with van der Waals surface area (Å²) in [5, 5.41) is -0.256. The molecule has 1 N–H and O–H groups in total. The van der Waals surface area contributed by atoms with Gasteiger partial charge in [-0.1, -0.05) is 0 Å². The molecule has 0 aliphatic carbocycles. The number of H-pyrrole nitrogens is 1.